The second-order valence-electron chi connectivity index (χ2n) is 5.64. The van der Waals surface area contributed by atoms with Crippen LogP contribution in [0.3, 0.4) is 0 Å². The molecule has 0 aromatic heterocycles. The molecule has 1 unspecified atom stereocenters. The smallest absolute Gasteiger partial charge is 0.250 e. The van der Waals surface area contributed by atoms with Crippen LogP contribution in [0, 0.1) is 5.92 Å². The minimum absolute atomic E-state index is 0.0702. The molecule has 5 heteroatoms. The highest BCUT2D eigenvalue weighted by Gasteiger charge is 2.23. The number of hydrogen-bond acceptors (Lipinski definition) is 4. The Morgan fingerprint density at radius 2 is 2.24 bits per heavy atom. The topological polar surface area (TPSA) is 59.6 Å². The molecule has 5 nitrogen and oxygen atoms in total. The second-order valence-corrected chi connectivity index (χ2v) is 5.64. The Morgan fingerprint density at radius 1 is 1.38 bits per heavy atom. The molecule has 1 aliphatic heterocycles. The average Bonchev–Trinajstić information content (AvgIpc) is 3.36. The van der Waals surface area contributed by atoms with Crippen LogP contribution in [0.15, 0.2) is 24.3 Å². The Kier molecular flexibility index (Phi) is 4.72. The van der Waals surface area contributed by atoms with E-state index in [-0.39, 0.29) is 5.91 Å². The molecular formula is C16H22N2O3. The number of hydrogen-bond donors (Lipinski definition) is 2. The number of para-hydroxylation sites is 1. The first-order valence-corrected chi connectivity index (χ1v) is 7.63. The van der Waals surface area contributed by atoms with Crippen molar-refractivity contribution in [2.24, 2.45) is 5.92 Å². The van der Waals surface area contributed by atoms with Gasteiger partial charge in [-0.3, -0.25) is 4.79 Å². The lowest BCUT2D eigenvalue weighted by Gasteiger charge is -2.23. The summed E-state index contributed by atoms with van der Waals surface area (Å²) in [5, 5.41) is 6.08. The summed E-state index contributed by atoms with van der Waals surface area (Å²) in [5.41, 5.74) is 1.01. The SMILES string of the molecule is O=C(NCc1ccccc1OCC1CC1)C1CNCCO1. The van der Waals surface area contributed by atoms with Gasteiger partial charge in [0.05, 0.1) is 13.2 Å². The Balaban J connectivity index is 1.52. The van der Waals surface area contributed by atoms with E-state index in [9.17, 15) is 4.79 Å². The van der Waals surface area contributed by atoms with Gasteiger partial charge in [0, 0.05) is 25.2 Å². The van der Waals surface area contributed by atoms with E-state index in [0.29, 0.717) is 19.7 Å². The first-order valence-electron chi connectivity index (χ1n) is 7.63. The second kappa shape index (κ2) is 6.91. The molecule has 1 aromatic carbocycles. The normalized spacial score (nSPS) is 21.8. The molecule has 1 atom stereocenters. The lowest BCUT2D eigenvalue weighted by Crippen LogP contribution is -2.47. The zero-order chi connectivity index (χ0) is 14.5. The number of carbonyl (C=O) groups excluding carboxylic acids is 1. The molecule has 1 aromatic rings. The van der Waals surface area contributed by atoms with Crippen LogP contribution in [0.2, 0.25) is 0 Å². The molecule has 2 aliphatic rings. The maximum Gasteiger partial charge on any atom is 0.250 e. The van der Waals surface area contributed by atoms with Gasteiger partial charge in [-0.1, -0.05) is 18.2 Å². The van der Waals surface area contributed by atoms with Crippen LogP contribution in [-0.2, 0) is 16.1 Å². The zero-order valence-corrected chi connectivity index (χ0v) is 12.1. The van der Waals surface area contributed by atoms with E-state index in [4.69, 9.17) is 9.47 Å². The van der Waals surface area contributed by atoms with Crippen molar-refractivity contribution in [3.63, 3.8) is 0 Å². The van der Waals surface area contributed by atoms with E-state index >= 15 is 0 Å². The summed E-state index contributed by atoms with van der Waals surface area (Å²) < 4.78 is 11.3. The minimum atomic E-state index is -0.390. The fourth-order valence-electron chi connectivity index (χ4n) is 2.31. The summed E-state index contributed by atoms with van der Waals surface area (Å²) in [7, 11) is 0. The maximum atomic E-state index is 12.0. The lowest BCUT2D eigenvalue weighted by atomic mass is 10.2. The summed E-state index contributed by atoms with van der Waals surface area (Å²) in [4.78, 5) is 12.0. The minimum Gasteiger partial charge on any atom is -0.493 e. The molecule has 1 aliphatic carbocycles. The van der Waals surface area contributed by atoms with Gasteiger partial charge in [-0.05, 0) is 24.8 Å². The molecule has 21 heavy (non-hydrogen) atoms. The molecular weight excluding hydrogens is 268 g/mol. The fraction of sp³-hybridized carbons (Fsp3) is 0.562. The summed E-state index contributed by atoms with van der Waals surface area (Å²) in [6.07, 6.45) is 2.15. The first kappa shape index (κ1) is 14.4. The van der Waals surface area contributed by atoms with E-state index < -0.39 is 6.10 Å². The largest absolute Gasteiger partial charge is 0.493 e. The van der Waals surface area contributed by atoms with Crippen molar-refractivity contribution in [1.29, 1.82) is 0 Å². The van der Waals surface area contributed by atoms with Crippen LogP contribution in [0.5, 0.6) is 5.75 Å². The van der Waals surface area contributed by atoms with Gasteiger partial charge in [0.2, 0.25) is 0 Å². The van der Waals surface area contributed by atoms with Crippen molar-refractivity contribution >= 4 is 5.91 Å². The van der Waals surface area contributed by atoms with E-state index in [1.165, 1.54) is 12.8 Å². The Labute approximate surface area is 125 Å². The molecule has 2 N–H and O–H groups in total. The third-order valence-corrected chi connectivity index (χ3v) is 3.82. The van der Waals surface area contributed by atoms with Crippen LogP contribution in [0.1, 0.15) is 18.4 Å². The van der Waals surface area contributed by atoms with Crippen molar-refractivity contribution in [3.8, 4) is 5.75 Å². The monoisotopic (exact) mass is 290 g/mol. The lowest BCUT2D eigenvalue weighted by molar-refractivity contribution is -0.134. The molecule has 1 amide bonds. The van der Waals surface area contributed by atoms with Crippen LogP contribution in [0.25, 0.3) is 0 Å². The van der Waals surface area contributed by atoms with Crippen LogP contribution in [0.4, 0.5) is 0 Å². The van der Waals surface area contributed by atoms with Gasteiger partial charge in [-0.25, -0.2) is 0 Å². The molecule has 0 bridgehead atoms. The molecule has 1 saturated heterocycles. The Morgan fingerprint density at radius 3 is 3.00 bits per heavy atom. The molecule has 114 valence electrons. The van der Waals surface area contributed by atoms with E-state index in [0.717, 1.165) is 30.4 Å². The predicted molar refractivity (Wildman–Crippen MR) is 79.1 cm³/mol. The number of carbonyl (C=O) groups is 1. The summed E-state index contributed by atoms with van der Waals surface area (Å²) in [6, 6.07) is 7.87. The highest BCUT2D eigenvalue weighted by molar-refractivity contribution is 5.81. The van der Waals surface area contributed by atoms with Crippen molar-refractivity contribution in [3.05, 3.63) is 29.8 Å². The number of rotatable bonds is 6. The van der Waals surface area contributed by atoms with E-state index in [2.05, 4.69) is 10.6 Å². The Bertz CT molecular complexity index is 482. The fourth-order valence-corrected chi connectivity index (χ4v) is 2.31. The standard InChI is InChI=1S/C16H22N2O3/c19-16(15-10-17-7-8-20-15)18-9-13-3-1-2-4-14(13)21-11-12-5-6-12/h1-4,12,15,17H,5-11H2,(H,18,19). The number of ether oxygens (including phenoxy) is 2. The third-order valence-electron chi connectivity index (χ3n) is 3.82. The molecule has 1 heterocycles. The van der Waals surface area contributed by atoms with Crippen molar-refractivity contribution in [2.45, 2.75) is 25.5 Å². The molecule has 0 radical (unpaired) electrons. The van der Waals surface area contributed by atoms with Crippen molar-refractivity contribution in [2.75, 3.05) is 26.3 Å². The van der Waals surface area contributed by atoms with E-state index in [1.807, 2.05) is 24.3 Å². The summed E-state index contributed by atoms with van der Waals surface area (Å²) in [5.74, 6) is 1.51. The average molecular weight is 290 g/mol. The van der Waals surface area contributed by atoms with Crippen LogP contribution >= 0.6 is 0 Å². The number of benzene rings is 1. The third kappa shape index (κ3) is 4.19. The van der Waals surface area contributed by atoms with Gasteiger partial charge in [-0.15, -0.1) is 0 Å². The van der Waals surface area contributed by atoms with Gasteiger partial charge >= 0.3 is 0 Å². The van der Waals surface area contributed by atoms with Crippen LogP contribution in [-0.4, -0.2) is 38.3 Å². The summed E-state index contributed by atoms with van der Waals surface area (Å²) >= 11 is 0. The summed E-state index contributed by atoms with van der Waals surface area (Å²) in [6.45, 7) is 3.21. The van der Waals surface area contributed by atoms with Crippen LogP contribution < -0.4 is 15.4 Å². The molecule has 2 fully saturated rings. The number of morpholine rings is 1. The first-order chi connectivity index (χ1) is 10.3. The van der Waals surface area contributed by atoms with Gasteiger partial charge in [-0.2, -0.15) is 0 Å². The molecule has 0 spiro atoms. The zero-order valence-electron chi connectivity index (χ0n) is 12.1. The van der Waals surface area contributed by atoms with Gasteiger partial charge in [0.25, 0.3) is 5.91 Å². The maximum absolute atomic E-state index is 12.0. The van der Waals surface area contributed by atoms with E-state index in [1.54, 1.807) is 0 Å². The number of amides is 1. The number of nitrogens with one attached hydrogen (secondary N) is 2. The van der Waals surface area contributed by atoms with Gasteiger partial charge in [0.1, 0.15) is 11.9 Å². The highest BCUT2D eigenvalue weighted by atomic mass is 16.5. The molecule has 1 saturated carbocycles. The predicted octanol–water partition coefficient (Wildman–Crippen LogP) is 1.08. The van der Waals surface area contributed by atoms with Crippen molar-refractivity contribution < 1.29 is 14.3 Å². The highest BCUT2D eigenvalue weighted by Crippen LogP contribution is 2.30. The van der Waals surface area contributed by atoms with Crippen molar-refractivity contribution in [1.82, 2.24) is 10.6 Å². The van der Waals surface area contributed by atoms with Gasteiger partial charge < -0.3 is 20.1 Å². The van der Waals surface area contributed by atoms with Gasteiger partial charge in [0.15, 0.2) is 0 Å². The molecule has 3 rings (SSSR count). The quantitative estimate of drug-likeness (QED) is 0.823. The Hall–Kier alpha value is -1.59.